The summed E-state index contributed by atoms with van der Waals surface area (Å²) >= 11 is 1.29. The lowest BCUT2D eigenvalue weighted by Crippen LogP contribution is -2.00. The Labute approximate surface area is 134 Å². The number of methoxy groups -OCH3 is 1. The molecule has 0 bridgehead atoms. The van der Waals surface area contributed by atoms with Gasteiger partial charge in [-0.3, -0.25) is 4.79 Å². The van der Waals surface area contributed by atoms with Gasteiger partial charge in [0.25, 0.3) is 0 Å². The molecule has 0 atom stereocenters. The van der Waals surface area contributed by atoms with Crippen molar-refractivity contribution < 1.29 is 9.15 Å². The van der Waals surface area contributed by atoms with E-state index in [-0.39, 0.29) is 5.43 Å². The lowest BCUT2D eigenvalue weighted by Gasteiger charge is -2.05. The maximum Gasteiger partial charge on any atom is 0.194 e. The molecular weight excluding hydrogens is 312 g/mol. The van der Waals surface area contributed by atoms with Crippen LogP contribution in [0.15, 0.2) is 51.7 Å². The topological polar surface area (TPSA) is 78.3 Å². The molecule has 0 unspecified atom stereocenters. The van der Waals surface area contributed by atoms with Gasteiger partial charge in [0.2, 0.25) is 0 Å². The summed E-state index contributed by atoms with van der Waals surface area (Å²) in [5.74, 6) is 1.26. The van der Waals surface area contributed by atoms with E-state index in [9.17, 15) is 4.79 Å². The van der Waals surface area contributed by atoms with Crippen molar-refractivity contribution in [1.82, 2.24) is 4.98 Å². The monoisotopic (exact) mass is 324 g/mol. The van der Waals surface area contributed by atoms with E-state index in [0.29, 0.717) is 27.4 Å². The number of thiazole rings is 1. The second-order valence-electron chi connectivity index (χ2n) is 5.04. The molecule has 0 radical (unpaired) electrons. The van der Waals surface area contributed by atoms with Crippen molar-refractivity contribution in [2.45, 2.75) is 0 Å². The summed E-state index contributed by atoms with van der Waals surface area (Å²) in [6, 6.07) is 12.4. The van der Waals surface area contributed by atoms with Crippen LogP contribution < -0.4 is 15.9 Å². The highest BCUT2D eigenvalue weighted by Crippen LogP contribution is 2.31. The summed E-state index contributed by atoms with van der Waals surface area (Å²) in [4.78, 5) is 16.8. The number of nitrogens with zero attached hydrogens (tertiary/aromatic N) is 1. The number of aromatic nitrogens is 1. The third-order valence-electron chi connectivity index (χ3n) is 3.64. The normalized spacial score (nSPS) is 11.2. The van der Waals surface area contributed by atoms with Crippen molar-refractivity contribution in [3.05, 3.63) is 52.7 Å². The van der Waals surface area contributed by atoms with Crippen LogP contribution in [-0.4, -0.2) is 12.1 Å². The van der Waals surface area contributed by atoms with Crippen molar-refractivity contribution in [1.29, 1.82) is 0 Å². The molecule has 0 aliphatic heterocycles. The standard InChI is InChI=1S/C17H12N2O3S/c1-21-10-4-2-9(3-5-10)14-8-12(20)15-13(22-14)7-6-11-16(15)23-17(18)19-11/h2-8H,1H3,(H2,18,19). The van der Waals surface area contributed by atoms with Crippen LogP contribution in [0.1, 0.15) is 0 Å². The fourth-order valence-electron chi connectivity index (χ4n) is 2.55. The first-order chi connectivity index (χ1) is 11.2. The molecule has 0 fully saturated rings. The summed E-state index contributed by atoms with van der Waals surface area (Å²) < 4.78 is 11.8. The van der Waals surface area contributed by atoms with Crippen molar-refractivity contribution >= 4 is 37.7 Å². The highest BCUT2D eigenvalue weighted by Gasteiger charge is 2.13. The van der Waals surface area contributed by atoms with Gasteiger partial charge >= 0.3 is 0 Å². The highest BCUT2D eigenvalue weighted by molar-refractivity contribution is 7.22. The van der Waals surface area contributed by atoms with E-state index >= 15 is 0 Å². The van der Waals surface area contributed by atoms with Gasteiger partial charge < -0.3 is 14.9 Å². The average molecular weight is 324 g/mol. The fourth-order valence-corrected chi connectivity index (χ4v) is 3.42. The molecular formula is C17H12N2O3S. The van der Waals surface area contributed by atoms with Crippen LogP contribution in [0.5, 0.6) is 5.75 Å². The smallest absolute Gasteiger partial charge is 0.194 e. The molecule has 114 valence electrons. The lowest BCUT2D eigenvalue weighted by molar-refractivity contribution is 0.415. The molecule has 2 N–H and O–H groups in total. The first-order valence-electron chi connectivity index (χ1n) is 6.93. The van der Waals surface area contributed by atoms with Crippen LogP contribution in [0, 0.1) is 0 Å². The molecule has 6 heteroatoms. The Kier molecular flexibility index (Phi) is 3.06. The van der Waals surface area contributed by atoms with E-state index in [1.807, 2.05) is 30.3 Å². The number of nitrogen functional groups attached to an aromatic ring is 1. The maximum absolute atomic E-state index is 12.6. The lowest BCUT2D eigenvalue weighted by atomic mass is 10.1. The van der Waals surface area contributed by atoms with Gasteiger partial charge in [0.15, 0.2) is 10.6 Å². The van der Waals surface area contributed by atoms with Crippen LogP contribution >= 0.6 is 11.3 Å². The van der Waals surface area contributed by atoms with E-state index in [1.165, 1.54) is 17.4 Å². The number of ether oxygens (including phenoxy) is 1. The molecule has 2 aromatic heterocycles. The molecule has 5 nitrogen and oxygen atoms in total. The second kappa shape index (κ2) is 5.10. The Hall–Kier alpha value is -2.86. The predicted molar refractivity (Wildman–Crippen MR) is 92.1 cm³/mol. The van der Waals surface area contributed by atoms with Gasteiger partial charge in [-0.2, -0.15) is 0 Å². The molecule has 0 saturated heterocycles. The molecule has 0 amide bonds. The minimum Gasteiger partial charge on any atom is -0.497 e. The van der Waals surface area contributed by atoms with Crippen LogP contribution in [0.4, 0.5) is 5.13 Å². The van der Waals surface area contributed by atoms with Crippen molar-refractivity contribution in [3.63, 3.8) is 0 Å². The van der Waals surface area contributed by atoms with E-state index in [2.05, 4.69) is 4.98 Å². The summed E-state index contributed by atoms with van der Waals surface area (Å²) in [7, 11) is 1.61. The van der Waals surface area contributed by atoms with E-state index < -0.39 is 0 Å². The minimum atomic E-state index is -0.105. The van der Waals surface area contributed by atoms with Crippen molar-refractivity contribution in [3.8, 4) is 17.1 Å². The molecule has 2 heterocycles. The number of hydrogen-bond acceptors (Lipinski definition) is 6. The fraction of sp³-hybridized carbons (Fsp3) is 0.0588. The molecule has 23 heavy (non-hydrogen) atoms. The summed E-state index contributed by atoms with van der Waals surface area (Å²) in [5, 5.41) is 0.958. The van der Waals surface area contributed by atoms with Gasteiger partial charge in [-0.15, -0.1) is 0 Å². The van der Waals surface area contributed by atoms with Gasteiger partial charge in [0, 0.05) is 11.6 Å². The van der Waals surface area contributed by atoms with E-state index in [1.54, 1.807) is 13.2 Å². The maximum atomic E-state index is 12.6. The first kappa shape index (κ1) is 13.8. The Morgan fingerprint density at radius 3 is 2.70 bits per heavy atom. The Morgan fingerprint density at radius 1 is 1.17 bits per heavy atom. The van der Waals surface area contributed by atoms with Gasteiger partial charge in [0.05, 0.1) is 22.7 Å². The number of nitrogens with two attached hydrogens (primary N) is 1. The average Bonchev–Trinajstić information content (AvgIpc) is 2.94. The molecule has 0 aliphatic rings. The Morgan fingerprint density at radius 2 is 1.96 bits per heavy atom. The molecule has 2 aromatic carbocycles. The summed E-state index contributed by atoms with van der Waals surface area (Å²) in [5.41, 5.74) is 7.69. The Balaban J connectivity index is 1.96. The van der Waals surface area contributed by atoms with Gasteiger partial charge in [-0.1, -0.05) is 11.3 Å². The van der Waals surface area contributed by atoms with Crippen LogP contribution in [0.2, 0.25) is 0 Å². The zero-order chi connectivity index (χ0) is 16.0. The van der Waals surface area contributed by atoms with Crippen LogP contribution in [-0.2, 0) is 0 Å². The summed E-state index contributed by atoms with van der Waals surface area (Å²) in [6.45, 7) is 0. The zero-order valence-electron chi connectivity index (χ0n) is 12.2. The van der Waals surface area contributed by atoms with Gasteiger partial charge in [-0.05, 0) is 36.4 Å². The number of rotatable bonds is 2. The van der Waals surface area contributed by atoms with Crippen LogP contribution in [0.3, 0.4) is 0 Å². The number of benzene rings is 2. The largest absolute Gasteiger partial charge is 0.497 e. The third kappa shape index (κ3) is 2.24. The summed E-state index contributed by atoms with van der Waals surface area (Å²) in [6.07, 6.45) is 0. The van der Waals surface area contributed by atoms with Crippen molar-refractivity contribution in [2.75, 3.05) is 12.8 Å². The Bertz CT molecular complexity index is 1080. The van der Waals surface area contributed by atoms with E-state index in [0.717, 1.165) is 16.0 Å². The first-order valence-corrected chi connectivity index (χ1v) is 7.74. The number of anilines is 1. The zero-order valence-corrected chi connectivity index (χ0v) is 13.0. The third-order valence-corrected chi connectivity index (χ3v) is 4.56. The van der Waals surface area contributed by atoms with Gasteiger partial charge in [-0.25, -0.2) is 4.98 Å². The molecule has 4 aromatic rings. The van der Waals surface area contributed by atoms with Gasteiger partial charge in [0.1, 0.15) is 17.1 Å². The predicted octanol–water partition coefficient (Wildman–Crippen LogP) is 3.66. The second-order valence-corrected chi connectivity index (χ2v) is 6.07. The van der Waals surface area contributed by atoms with Crippen molar-refractivity contribution in [2.24, 2.45) is 0 Å². The minimum absolute atomic E-state index is 0.105. The molecule has 0 saturated carbocycles. The SMILES string of the molecule is COc1ccc(-c2cc(=O)c3c(ccc4nc(N)sc43)o2)cc1. The number of hydrogen-bond donors (Lipinski definition) is 1. The quantitative estimate of drug-likeness (QED) is 0.609. The van der Waals surface area contributed by atoms with Crippen LogP contribution in [0.25, 0.3) is 32.5 Å². The molecule has 0 aliphatic carbocycles. The molecule has 0 spiro atoms. The highest BCUT2D eigenvalue weighted by atomic mass is 32.1. The number of fused-ring (bicyclic) bond motifs is 3. The molecule has 4 rings (SSSR count). The van der Waals surface area contributed by atoms with E-state index in [4.69, 9.17) is 14.9 Å².